The van der Waals surface area contributed by atoms with Crippen molar-refractivity contribution in [3.8, 4) is 5.75 Å². The Balaban J connectivity index is 1.64. The molecule has 1 fully saturated rings. The van der Waals surface area contributed by atoms with Gasteiger partial charge in [-0.05, 0) is 61.7 Å². The van der Waals surface area contributed by atoms with Gasteiger partial charge in [-0.2, -0.15) is 0 Å². The zero-order valence-corrected chi connectivity index (χ0v) is 15.0. The van der Waals surface area contributed by atoms with Crippen molar-refractivity contribution >= 4 is 22.4 Å². The summed E-state index contributed by atoms with van der Waals surface area (Å²) >= 11 is 6.32. The van der Waals surface area contributed by atoms with E-state index >= 15 is 0 Å². The van der Waals surface area contributed by atoms with Gasteiger partial charge in [0.1, 0.15) is 5.75 Å². The second kappa shape index (κ2) is 7.58. The van der Waals surface area contributed by atoms with Crippen LogP contribution < -0.4 is 15.6 Å². The normalized spacial score (nSPS) is 21.3. The molecule has 0 spiro atoms. The van der Waals surface area contributed by atoms with Crippen molar-refractivity contribution in [1.29, 1.82) is 0 Å². The number of benzene rings is 1. The zero-order valence-electron chi connectivity index (χ0n) is 14.3. The molecule has 1 aliphatic rings. The molecule has 0 unspecified atom stereocenters. The van der Waals surface area contributed by atoms with Gasteiger partial charge < -0.3 is 15.0 Å². The molecule has 3 rings (SSSR count). The molecule has 5 heteroatoms. The van der Waals surface area contributed by atoms with E-state index in [-0.39, 0.29) is 11.7 Å². The van der Waals surface area contributed by atoms with Crippen molar-refractivity contribution < 1.29 is 4.74 Å². The second-order valence-electron chi connectivity index (χ2n) is 7.07. The van der Waals surface area contributed by atoms with E-state index in [0.29, 0.717) is 28.1 Å². The highest BCUT2D eigenvalue weighted by atomic mass is 35.5. The van der Waals surface area contributed by atoms with Gasteiger partial charge in [-0.3, -0.25) is 4.79 Å². The fourth-order valence-electron chi connectivity index (χ4n) is 3.25. The molecular weight excluding hydrogens is 324 g/mol. The van der Waals surface area contributed by atoms with Gasteiger partial charge in [0.25, 0.3) is 5.56 Å². The Bertz CT molecular complexity index is 749. The molecule has 1 aromatic heterocycles. The summed E-state index contributed by atoms with van der Waals surface area (Å²) in [5.74, 6) is 1.35. The molecule has 1 aliphatic carbocycles. The maximum Gasteiger partial charge on any atom is 0.255 e. The molecule has 4 nitrogen and oxygen atoms in total. The predicted molar refractivity (Wildman–Crippen MR) is 99.1 cm³/mol. The number of hydrogen-bond donors (Lipinski definition) is 2. The van der Waals surface area contributed by atoms with E-state index in [1.807, 2.05) is 12.1 Å². The molecule has 0 radical (unpaired) electrons. The summed E-state index contributed by atoms with van der Waals surface area (Å²) in [4.78, 5) is 14.5. The first-order valence-electron chi connectivity index (χ1n) is 8.74. The highest BCUT2D eigenvalue weighted by molar-refractivity contribution is 6.32. The molecule has 0 bridgehead atoms. The highest BCUT2D eigenvalue weighted by Crippen LogP contribution is 2.32. The van der Waals surface area contributed by atoms with Gasteiger partial charge in [0.05, 0.1) is 11.1 Å². The summed E-state index contributed by atoms with van der Waals surface area (Å²) < 4.78 is 6.14. The maximum absolute atomic E-state index is 11.8. The number of hydrogen-bond acceptors (Lipinski definition) is 3. The van der Waals surface area contributed by atoms with Crippen LogP contribution in [0.4, 0.5) is 0 Å². The van der Waals surface area contributed by atoms with E-state index in [4.69, 9.17) is 16.3 Å². The van der Waals surface area contributed by atoms with Crippen LogP contribution in [0.15, 0.2) is 29.2 Å². The fraction of sp³-hybridized carbons (Fsp3) is 0.526. The molecule has 0 atom stereocenters. The summed E-state index contributed by atoms with van der Waals surface area (Å²) in [5.41, 5.74) is -0.127. The third kappa shape index (κ3) is 4.11. The molecule has 0 aliphatic heterocycles. The van der Waals surface area contributed by atoms with Crippen LogP contribution in [-0.2, 0) is 0 Å². The Morgan fingerprint density at radius 3 is 2.75 bits per heavy atom. The van der Waals surface area contributed by atoms with E-state index in [9.17, 15) is 4.79 Å². The van der Waals surface area contributed by atoms with Gasteiger partial charge in [-0.1, -0.05) is 25.4 Å². The second-order valence-corrected chi connectivity index (χ2v) is 7.48. The first kappa shape index (κ1) is 17.3. The van der Waals surface area contributed by atoms with Crippen molar-refractivity contribution in [3.05, 3.63) is 39.8 Å². The van der Waals surface area contributed by atoms with Gasteiger partial charge in [-0.25, -0.2) is 0 Å². The Kier molecular flexibility index (Phi) is 5.47. The minimum Gasteiger partial charge on any atom is -0.489 e. The van der Waals surface area contributed by atoms with Gasteiger partial charge in [0.2, 0.25) is 0 Å². The topological polar surface area (TPSA) is 54.1 Å². The molecule has 2 N–H and O–H groups in total. The molecular formula is C19H25ClN2O2. The quantitative estimate of drug-likeness (QED) is 0.854. The maximum atomic E-state index is 11.8. The van der Waals surface area contributed by atoms with Crippen molar-refractivity contribution in [2.24, 2.45) is 5.92 Å². The van der Waals surface area contributed by atoms with Crippen LogP contribution in [0.2, 0.25) is 5.02 Å². The summed E-state index contributed by atoms with van der Waals surface area (Å²) in [6.45, 7) is 5.53. The molecule has 130 valence electrons. The lowest BCUT2D eigenvalue weighted by Crippen LogP contribution is -2.37. The number of aromatic nitrogens is 1. The summed E-state index contributed by atoms with van der Waals surface area (Å²) in [7, 11) is 0. The van der Waals surface area contributed by atoms with E-state index in [1.54, 1.807) is 12.3 Å². The largest absolute Gasteiger partial charge is 0.489 e. The average molecular weight is 349 g/mol. The van der Waals surface area contributed by atoms with Gasteiger partial charge in [0.15, 0.2) is 0 Å². The van der Waals surface area contributed by atoms with Crippen LogP contribution >= 0.6 is 11.6 Å². The van der Waals surface area contributed by atoms with Crippen LogP contribution in [-0.4, -0.2) is 23.7 Å². The molecule has 1 heterocycles. The monoisotopic (exact) mass is 348 g/mol. The lowest BCUT2D eigenvalue weighted by molar-refractivity contribution is 0.139. The summed E-state index contributed by atoms with van der Waals surface area (Å²) in [6, 6.07) is 6.03. The smallest absolute Gasteiger partial charge is 0.255 e. The highest BCUT2D eigenvalue weighted by Gasteiger charge is 2.23. The van der Waals surface area contributed by atoms with Gasteiger partial charge in [0, 0.05) is 17.6 Å². The summed E-state index contributed by atoms with van der Waals surface area (Å²) in [5, 5.41) is 5.57. The first-order chi connectivity index (χ1) is 11.5. The molecule has 1 saturated carbocycles. The third-order valence-corrected chi connectivity index (χ3v) is 4.90. The number of halogens is 1. The number of aromatic amines is 1. The van der Waals surface area contributed by atoms with Crippen LogP contribution in [0.3, 0.4) is 0 Å². The van der Waals surface area contributed by atoms with Crippen molar-refractivity contribution in [3.63, 3.8) is 0 Å². The Morgan fingerprint density at radius 1 is 1.29 bits per heavy atom. The van der Waals surface area contributed by atoms with Crippen molar-refractivity contribution in [2.75, 3.05) is 6.54 Å². The van der Waals surface area contributed by atoms with Crippen molar-refractivity contribution in [1.82, 2.24) is 10.3 Å². The number of nitrogens with one attached hydrogen (secondary N) is 2. The van der Waals surface area contributed by atoms with Crippen molar-refractivity contribution in [2.45, 2.75) is 51.7 Å². The number of ether oxygens (including phenoxy) is 1. The minimum atomic E-state index is -0.127. The third-order valence-electron chi connectivity index (χ3n) is 4.61. The van der Waals surface area contributed by atoms with Crippen LogP contribution in [0.25, 0.3) is 10.8 Å². The van der Waals surface area contributed by atoms with E-state index in [0.717, 1.165) is 37.6 Å². The van der Waals surface area contributed by atoms with E-state index in [2.05, 4.69) is 24.1 Å². The lowest BCUT2D eigenvalue weighted by atomic mass is 9.92. The van der Waals surface area contributed by atoms with Crippen LogP contribution in [0.5, 0.6) is 5.75 Å². The average Bonchev–Trinajstić information content (AvgIpc) is 2.56. The standard InChI is InChI=1S/C19H25ClN2O2/c1-12(2)11-22-14-3-5-15(6-4-14)24-18-9-13-7-8-21-19(23)16(13)10-17(18)20/h7-10,12,14-15,22H,3-6,11H2,1-2H3,(H,21,23). The number of H-pyrrole nitrogens is 1. The van der Waals surface area contributed by atoms with Crippen LogP contribution in [0.1, 0.15) is 39.5 Å². The predicted octanol–water partition coefficient (Wildman–Crippen LogP) is 4.12. The summed E-state index contributed by atoms with van der Waals surface area (Å²) in [6.07, 6.45) is 6.15. The molecule has 0 amide bonds. The minimum absolute atomic E-state index is 0.127. The Labute approximate surface area is 147 Å². The van der Waals surface area contributed by atoms with E-state index in [1.165, 1.54) is 0 Å². The Morgan fingerprint density at radius 2 is 2.04 bits per heavy atom. The SMILES string of the molecule is CC(C)CNC1CCC(Oc2cc3cc[nH]c(=O)c3cc2Cl)CC1. The molecule has 2 aromatic rings. The van der Waals surface area contributed by atoms with Gasteiger partial charge >= 0.3 is 0 Å². The molecule has 24 heavy (non-hydrogen) atoms. The number of pyridine rings is 1. The first-order valence-corrected chi connectivity index (χ1v) is 9.11. The van der Waals surface area contributed by atoms with Gasteiger partial charge in [-0.15, -0.1) is 0 Å². The fourth-order valence-corrected chi connectivity index (χ4v) is 3.45. The molecule has 1 aromatic carbocycles. The zero-order chi connectivity index (χ0) is 17.1. The van der Waals surface area contributed by atoms with Crippen LogP contribution in [0, 0.1) is 5.92 Å². The molecule has 0 saturated heterocycles. The van der Waals surface area contributed by atoms with E-state index < -0.39 is 0 Å². The Hall–Kier alpha value is -1.52. The lowest BCUT2D eigenvalue weighted by Gasteiger charge is -2.30. The number of fused-ring (bicyclic) bond motifs is 1. The number of rotatable bonds is 5.